The van der Waals surface area contributed by atoms with E-state index in [4.69, 9.17) is 0 Å². The first-order valence-electron chi connectivity index (χ1n) is 17.7. The Balaban J connectivity index is -0.000000242. The summed E-state index contributed by atoms with van der Waals surface area (Å²) in [6, 6.07) is -14.4. The Morgan fingerprint density at radius 3 is 0.589 bits per heavy atom. The highest BCUT2D eigenvalue weighted by atomic mass is 19.5. The normalized spacial score (nSPS) is 14.6. The summed E-state index contributed by atoms with van der Waals surface area (Å²) in [5.74, 6) is -28.1. The van der Waals surface area contributed by atoms with Crippen LogP contribution in [0.5, 0.6) is 0 Å². The molecule has 0 aromatic carbocycles. The molecule has 0 heterocycles. The summed E-state index contributed by atoms with van der Waals surface area (Å²) < 4.78 is 609. The van der Waals surface area contributed by atoms with Crippen LogP contribution in [0.4, 0.5) is 220 Å². The molecule has 0 amide bonds. The van der Waals surface area contributed by atoms with Crippen LogP contribution < -0.4 is 0 Å². The number of hydrogen-bond donors (Lipinski definition) is 0. The molecule has 0 fully saturated rings. The highest BCUT2D eigenvalue weighted by molar-refractivity contribution is 4.95. The Hall–Kier alpha value is -6.38. The molecule has 0 aliphatic carbocycles. The zero-order chi connectivity index (χ0) is 75.3. The summed E-state index contributed by atoms with van der Waals surface area (Å²) in [7, 11) is 0. The maximum Gasteiger partial charge on any atom is 0.574 e. The van der Waals surface area contributed by atoms with E-state index in [0.717, 1.165) is 0 Å². The van der Waals surface area contributed by atoms with Crippen molar-refractivity contribution in [2.75, 3.05) is 0 Å². The fourth-order valence-electron chi connectivity index (χ4n) is 2.57. The Morgan fingerprint density at radius 2 is 0.389 bits per heavy atom. The number of halogens is 50. The Kier molecular flexibility index (Phi) is 32.0. The van der Waals surface area contributed by atoms with E-state index in [1.807, 2.05) is 19.7 Å². The molecule has 90 heavy (non-hydrogen) atoms. The average molecular weight is 1480 g/mol. The van der Waals surface area contributed by atoms with Crippen molar-refractivity contribution in [3.63, 3.8) is 0 Å². The monoisotopic (exact) mass is 1480 g/mol. The predicted molar refractivity (Wildman–Crippen MR) is 172 cm³/mol. The number of rotatable bonds is 21. The van der Waals surface area contributed by atoms with Gasteiger partial charge in [-0.15, -0.1) is 39.5 Å². The Bertz CT molecular complexity index is 2310. The van der Waals surface area contributed by atoms with Crippen molar-refractivity contribution in [1.82, 2.24) is 0 Å². The van der Waals surface area contributed by atoms with Crippen LogP contribution in [-0.4, -0.2) is 116 Å². The quantitative estimate of drug-likeness (QED) is 0.0824. The second-order valence-electron chi connectivity index (χ2n) is 12.8. The molecule has 0 saturated carbocycles. The largest absolute Gasteiger partial charge is 0.574 e. The van der Waals surface area contributed by atoms with E-state index >= 15 is 0 Å². The van der Waals surface area contributed by atoms with E-state index in [2.05, 4.69) is 41.6 Å². The topological polar surface area (TPSA) is 83.1 Å². The minimum atomic E-state index is -7.54. The number of ether oxygens (including phenoxy) is 9. The van der Waals surface area contributed by atoms with Crippen LogP contribution in [-0.2, 0) is 42.6 Å². The van der Waals surface area contributed by atoms with Gasteiger partial charge in [-0.3, -0.25) is 4.74 Å². The summed E-state index contributed by atoms with van der Waals surface area (Å²) in [5, 5.41) is 0. The fraction of sp³-hybridized carbons (Fsp3) is 0.613. The van der Waals surface area contributed by atoms with Gasteiger partial charge >= 0.3 is 116 Å². The maximum absolute atomic E-state index is 13.2. The van der Waals surface area contributed by atoms with E-state index in [9.17, 15) is 220 Å². The lowest BCUT2D eigenvalue weighted by Gasteiger charge is -2.37. The Labute approximate surface area is 455 Å². The molecule has 0 aliphatic heterocycles. The van der Waals surface area contributed by atoms with Crippen molar-refractivity contribution in [2.45, 2.75) is 116 Å². The summed E-state index contributed by atoms with van der Waals surface area (Å²) in [6.07, 6.45) is -95.3. The third-order valence-corrected chi connectivity index (χ3v) is 5.76. The van der Waals surface area contributed by atoms with Crippen molar-refractivity contribution in [3.05, 3.63) is 75.6 Å². The molecule has 0 aromatic rings. The first-order chi connectivity index (χ1) is 38.1. The molecule has 0 aromatic heterocycles. The molecule has 0 rings (SSSR count). The second-order valence-corrected chi connectivity index (χ2v) is 12.8. The van der Waals surface area contributed by atoms with Gasteiger partial charge in [0.15, 0.2) is 0 Å². The summed E-state index contributed by atoms with van der Waals surface area (Å²) in [5.41, 5.74) is 0. The molecular formula is C31H12F50O9. The Morgan fingerprint density at radius 1 is 0.178 bits per heavy atom. The summed E-state index contributed by atoms with van der Waals surface area (Å²) in [6.45, 7) is 11.9. The maximum atomic E-state index is 13.2. The molecule has 1 unspecified atom stereocenters. The number of hydrogen-bond acceptors (Lipinski definition) is 9. The van der Waals surface area contributed by atoms with Crippen LogP contribution in [0.15, 0.2) is 75.6 Å². The smallest absolute Gasteiger partial charge is 0.402 e. The van der Waals surface area contributed by atoms with Gasteiger partial charge in [0.05, 0.1) is 0 Å². The van der Waals surface area contributed by atoms with Crippen molar-refractivity contribution in [1.29, 1.82) is 0 Å². The lowest BCUT2D eigenvalue weighted by Crippen LogP contribution is -2.65. The third-order valence-electron chi connectivity index (χ3n) is 5.76. The van der Waals surface area contributed by atoms with E-state index in [0.29, 0.717) is 0 Å². The zero-order valence-corrected chi connectivity index (χ0v) is 39.3. The van der Waals surface area contributed by atoms with Gasteiger partial charge in [0.25, 0.3) is 36.1 Å². The molecule has 0 spiro atoms. The fourth-order valence-corrected chi connectivity index (χ4v) is 2.57. The highest BCUT2D eigenvalue weighted by Gasteiger charge is 2.85. The molecule has 0 radical (unpaired) electrons. The van der Waals surface area contributed by atoms with Crippen LogP contribution >= 0.6 is 0 Å². The minimum absolute atomic E-state index is 1.47. The zero-order valence-electron chi connectivity index (χ0n) is 39.3. The molecule has 0 saturated heterocycles. The molecule has 0 aliphatic rings. The summed E-state index contributed by atoms with van der Waals surface area (Å²) >= 11 is 0. The van der Waals surface area contributed by atoms with Crippen LogP contribution in [0.3, 0.4) is 0 Å². The van der Waals surface area contributed by atoms with E-state index in [-0.39, 0.29) is 0 Å². The molecule has 0 bridgehead atoms. The molecule has 1 atom stereocenters. The van der Waals surface area contributed by atoms with E-state index in [1.165, 1.54) is 4.74 Å². The lowest BCUT2D eigenvalue weighted by molar-refractivity contribution is -0.531. The van der Waals surface area contributed by atoms with Gasteiger partial charge in [0, 0.05) is 0 Å². The van der Waals surface area contributed by atoms with Crippen molar-refractivity contribution >= 4 is 0 Å². The first kappa shape index (κ1) is 94.7. The average Bonchev–Trinajstić information content (AvgIpc) is 3.14. The molecule has 59 heteroatoms. The van der Waals surface area contributed by atoms with E-state index < -0.39 is 152 Å². The lowest BCUT2D eigenvalue weighted by atomic mass is 10.2. The summed E-state index contributed by atoms with van der Waals surface area (Å²) in [4.78, 5) is 0. The van der Waals surface area contributed by atoms with Gasteiger partial charge in [0.1, 0.15) is 0 Å². The van der Waals surface area contributed by atoms with Crippen LogP contribution in [0, 0.1) is 0 Å². The standard InChI is InChI=1S/C8H2F14O2.C6H2F10O2.C5H2F8O2.C5H2F8O.C4H2F6O.C3H2F4O/c1-2(9)23-8(21,22)4(12,6(16,17)18)24-7(19,20)3(10,11)5(13,14)15;1-2(7)17-4(10,11)3(8,9)5(12,13)18-6(14,15)16;1-2(6)14-3(7,8)4(9,10)15-5(11,12)13;1-2(6)14-5(12,13)3(7,8)4(9,10)11;1-2(5)11-4(9,10)3(6,7)8;1-2(4)8-3(5,6)7/h1H2;1H2;1H2;1H2;1H2;1H2. The predicted octanol–water partition coefficient (Wildman–Crippen LogP) is 19.8. The molecule has 0 N–H and O–H groups in total. The first-order valence-corrected chi connectivity index (χ1v) is 17.7. The van der Waals surface area contributed by atoms with E-state index in [1.54, 1.807) is 16.1 Å². The second kappa shape index (κ2) is 30.4. The van der Waals surface area contributed by atoms with Crippen molar-refractivity contribution in [3.8, 4) is 0 Å². The number of alkyl halides is 44. The van der Waals surface area contributed by atoms with Crippen molar-refractivity contribution < 1.29 is 262 Å². The SMILES string of the molecule is C=C(F)OC(F)(F)C(F)(F)C(F)(F)F.C=C(F)OC(F)(F)C(F)(F)C(F)(F)OC(F)(F)F.C=C(F)OC(F)(F)C(F)(F)F.C=C(F)OC(F)(F)C(F)(F)OC(F)(F)F.C=C(F)OC(F)(F)C(F)(OC(F)(F)C(F)(F)C(F)(F)F)C(F)(F)F.C=C(F)OC(F)(F)F. The molecule has 9 nitrogen and oxygen atoms in total. The van der Waals surface area contributed by atoms with Gasteiger partial charge in [-0.25, -0.2) is 9.47 Å². The molecular weight excluding hydrogens is 1470 g/mol. The van der Waals surface area contributed by atoms with Crippen LogP contribution in [0.2, 0.25) is 0 Å². The van der Waals surface area contributed by atoms with Gasteiger partial charge in [0.2, 0.25) is 0 Å². The van der Waals surface area contributed by atoms with Gasteiger partial charge in [-0.2, -0.15) is 180 Å². The molecule has 540 valence electrons. The van der Waals surface area contributed by atoms with Crippen LogP contribution in [0.25, 0.3) is 0 Å². The third kappa shape index (κ3) is 30.6. The van der Waals surface area contributed by atoms with Gasteiger partial charge in [-0.05, 0) is 39.5 Å². The highest BCUT2D eigenvalue weighted by Crippen LogP contribution is 2.56. The van der Waals surface area contributed by atoms with Gasteiger partial charge < -0.3 is 28.4 Å². The minimum Gasteiger partial charge on any atom is -0.402 e. The van der Waals surface area contributed by atoms with Crippen molar-refractivity contribution in [2.24, 2.45) is 0 Å². The van der Waals surface area contributed by atoms with Gasteiger partial charge in [-0.1, -0.05) is 0 Å². The van der Waals surface area contributed by atoms with Crippen LogP contribution in [0.1, 0.15) is 0 Å².